The first-order valence-electron chi connectivity index (χ1n) is 3.56. The van der Waals surface area contributed by atoms with Crippen LogP contribution in [0.25, 0.3) is 5.57 Å². The molecule has 1 rings (SSSR count). The van der Waals surface area contributed by atoms with Crippen molar-refractivity contribution >= 4 is 67.0 Å². The fraction of sp³-hybridized carbons (Fsp3) is 0.125. The summed E-state index contributed by atoms with van der Waals surface area (Å²) in [6, 6.07) is 2.98. The van der Waals surface area contributed by atoms with Gasteiger partial charge in [0.05, 0.1) is 0 Å². The molecule has 4 nitrogen and oxygen atoms in total. The van der Waals surface area contributed by atoms with Gasteiger partial charge in [0, 0.05) is 57.6 Å². The summed E-state index contributed by atoms with van der Waals surface area (Å²) in [5, 5.41) is 4.74. The van der Waals surface area contributed by atoms with Crippen LogP contribution in [0.15, 0.2) is 29.9 Å². The number of hydrogen-bond acceptors (Lipinski definition) is 3. The van der Waals surface area contributed by atoms with Gasteiger partial charge in [-0.2, -0.15) is 0 Å². The molecular weight excluding hydrogens is 227 g/mol. The van der Waals surface area contributed by atoms with E-state index in [1.54, 1.807) is 6.07 Å². The van der Waals surface area contributed by atoms with Crippen molar-refractivity contribution in [1.29, 1.82) is 0 Å². The molecule has 0 aliphatic carbocycles. The Bertz CT molecular complexity index is 425. The van der Waals surface area contributed by atoms with Gasteiger partial charge in [-0.1, -0.05) is 12.6 Å². The molecule has 0 atom stereocenters. The third kappa shape index (κ3) is 3.89. The molecule has 0 amide bonds. The van der Waals surface area contributed by atoms with E-state index < -0.39 is 10.0 Å². The molecule has 0 bridgehead atoms. The van der Waals surface area contributed by atoms with E-state index in [1.165, 1.54) is 12.3 Å². The summed E-state index contributed by atoms with van der Waals surface area (Å²) in [6.45, 7) is 5.51. The molecular formula is C8H10KN2O2S. The number of sulfonamides is 1. The number of nitrogens with zero attached hydrogens (tertiary/aromatic N) is 1. The molecule has 0 fully saturated rings. The van der Waals surface area contributed by atoms with Crippen molar-refractivity contribution in [3.63, 3.8) is 0 Å². The maximum absolute atomic E-state index is 10.8. The Morgan fingerprint density at radius 3 is 2.36 bits per heavy atom. The Balaban J connectivity index is 0.00000169. The molecule has 2 N–H and O–H groups in total. The summed E-state index contributed by atoms with van der Waals surface area (Å²) >= 11 is 0. The first-order chi connectivity index (χ1) is 5.91. The molecule has 0 spiro atoms. The van der Waals surface area contributed by atoms with Crippen molar-refractivity contribution in [3.8, 4) is 0 Å². The van der Waals surface area contributed by atoms with Gasteiger partial charge in [0.1, 0.15) is 0 Å². The van der Waals surface area contributed by atoms with Gasteiger partial charge < -0.3 is 0 Å². The number of pyridine rings is 1. The van der Waals surface area contributed by atoms with Crippen molar-refractivity contribution in [2.24, 2.45) is 5.14 Å². The van der Waals surface area contributed by atoms with Gasteiger partial charge in [-0.3, -0.25) is 0 Å². The number of primary sulfonamides is 1. The van der Waals surface area contributed by atoms with E-state index in [4.69, 9.17) is 5.14 Å². The van der Waals surface area contributed by atoms with Crippen LogP contribution in [0.2, 0.25) is 0 Å². The SMILES string of the molecule is C=C(C)c1ccc(S(N)(=O)=O)nc1.[K]. The van der Waals surface area contributed by atoms with Crippen molar-refractivity contribution in [1.82, 2.24) is 4.98 Å². The molecule has 0 saturated heterocycles. The Hall–Kier alpha value is 0.436. The van der Waals surface area contributed by atoms with Gasteiger partial charge >= 0.3 is 0 Å². The third-order valence-electron chi connectivity index (χ3n) is 1.52. The van der Waals surface area contributed by atoms with Crippen LogP contribution in [0, 0.1) is 0 Å². The van der Waals surface area contributed by atoms with Crippen molar-refractivity contribution in [2.45, 2.75) is 11.9 Å². The van der Waals surface area contributed by atoms with E-state index in [0.29, 0.717) is 0 Å². The maximum Gasteiger partial charge on any atom is 0.255 e. The van der Waals surface area contributed by atoms with E-state index in [1.807, 2.05) is 6.92 Å². The van der Waals surface area contributed by atoms with Crippen molar-refractivity contribution in [3.05, 3.63) is 30.5 Å². The number of nitrogens with two attached hydrogens (primary N) is 1. The molecule has 0 saturated carbocycles. The maximum atomic E-state index is 10.8. The van der Waals surface area contributed by atoms with Crippen LogP contribution in [0.1, 0.15) is 12.5 Å². The predicted molar refractivity (Wildman–Crippen MR) is 56.1 cm³/mol. The summed E-state index contributed by atoms with van der Waals surface area (Å²) in [7, 11) is -3.69. The minimum absolute atomic E-state index is 0. The molecule has 1 heterocycles. The molecule has 0 aliphatic heterocycles. The Kier molecular flexibility index (Phi) is 5.67. The van der Waals surface area contributed by atoms with Crippen molar-refractivity contribution < 1.29 is 8.42 Å². The summed E-state index contributed by atoms with van der Waals surface area (Å²) in [5.74, 6) is 0. The normalized spacial score (nSPS) is 10.4. The molecule has 0 unspecified atom stereocenters. The Labute approximate surface area is 126 Å². The molecule has 0 aliphatic rings. The minimum Gasteiger partial charge on any atom is -0.243 e. The zero-order valence-electron chi connectivity index (χ0n) is 8.19. The van der Waals surface area contributed by atoms with Crippen LogP contribution < -0.4 is 5.14 Å². The van der Waals surface area contributed by atoms with E-state index in [0.717, 1.165) is 11.1 Å². The standard InChI is InChI=1S/C8H10N2O2S.K/c1-6(2)7-3-4-8(10-5-7)13(9,11)12;/h3-5H,1H2,2H3,(H2,9,11,12);. The number of aromatic nitrogens is 1. The third-order valence-corrected chi connectivity index (χ3v) is 2.35. The molecule has 1 aromatic rings. The monoisotopic (exact) mass is 237 g/mol. The van der Waals surface area contributed by atoms with Gasteiger partial charge in [-0.25, -0.2) is 18.5 Å². The molecule has 1 aromatic heterocycles. The smallest absolute Gasteiger partial charge is 0.243 e. The summed E-state index contributed by atoms with van der Waals surface area (Å²) in [5.41, 5.74) is 1.63. The first-order valence-corrected chi connectivity index (χ1v) is 5.10. The average Bonchev–Trinajstić information content (AvgIpc) is 2.03. The van der Waals surface area contributed by atoms with Crippen LogP contribution in [0.5, 0.6) is 0 Å². The number of allylic oxidation sites excluding steroid dienone is 1. The second kappa shape index (κ2) is 5.50. The quantitative estimate of drug-likeness (QED) is 0.756. The van der Waals surface area contributed by atoms with E-state index in [-0.39, 0.29) is 56.4 Å². The summed E-state index contributed by atoms with van der Waals surface area (Å²) in [4.78, 5) is 3.70. The fourth-order valence-corrected chi connectivity index (χ4v) is 1.26. The molecule has 14 heavy (non-hydrogen) atoms. The predicted octanol–water partition coefficient (Wildman–Crippen LogP) is 0.381. The largest absolute Gasteiger partial charge is 0.255 e. The van der Waals surface area contributed by atoms with Crippen LogP contribution in [-0.4, -0.2) is 64.8 Å². The second-order valence-corrected chi connectivity index (χ2v) is 4.22. The molecule has 1 radical (unpaired) electrons. The van der Waals surface area contributed by atoms with Crippen LogP contribution in [0.3, 0.4) is 0 Å². The van der Waals surface area contributed by atoms with Gasteiger partial charge in [0.25, 0.3) is 10.0 Å². The van der Waals surface area contributed by atoms with E-state index in [9.17, 15) is 8.42 Å². The molecule has 71 valence electrons. The number of hydrogen-bond donors (Lipinski definition) is 1. The summed E-state index contributed by atoms with van der Waals surface area (Å²) in [6.07, 6.45) is 1.43. The summed E-state index contributed by atoms with van der Waals surface area (Å²) < 4.78 is 21.6. The van der Waals surface area contributed by atoms with Gasteiger partial charge in [-0.15, -0.1) is 0 Å². The Morgan fingerprint density at radius 1 is 1.50 bits per heavy atom. The zero-order chi connectivity index (χ0) is 10.1. The fourth-order valence-electron chi connectivity index (χ4n) is 0.801. The van der Waals surface area contributed by atoms with Gasteiger partial charge in [0.15, 0.2) is 5.03 Å². The van der Waals surface area contributed by atoms with E-state index >= 15 is 0 Å². The van der Waals surface area contributed by atoms with Gasteiger partial charge in [0.2, 0.25) is 0 Å². The van der Waals surface area contributed by atoms with E-state index in [2.05, 4.69) is 11.6 Å². The first kappa shape index (κ1) is 14.4. The zero-order valence-corrected chi connectivity index (χ0v) is 12.1. The van der Waals surface area contributed by atoms with Gasteiger partial charge in [-0.05, 0) is 24.1 Å². The average molecular weight is 237 g/mol. The number of rotatable bonds is 2. The topological polar surface area (TPSA) is 73.1 Å². The van der Waals surface area contributed by atoms with Crippen LogP contribution >= 0.6 is 0 Å². The van der Waals surface area contributed by atoms with Crippen LogP contribution in [0.4, 0.5) is 0 Å². The van der Waals surface area contributed by atoms with Crippen LogP contribution in [-0.2, 0) is 10.0 Å². The van der Waals surface area contributed by atoms with Crippen molar-refractivity contribution in [2.75, 3.05) is 0 Å². The minimum atomic E-state index is -3.69. The molecule has 0 aromatic carbocycles. The Morgan fingerprint density at radius 2 is 2.07 bits per heavy atom. The second-order valence-electron chi connectivity index (χ2n) is 2.71. The molecule has 6 heteroatoms.